The third-order valence-corrected chi connectivity index (χ3v) is 3.46. The predicted octanol–water partition coefficient (Wildman–Crippen LogP) is 3.28. The van der Waals surface area contributed by atoms with E-state index in [2.05, 4.69) is 0 Å². The summed E-state index contributed by atoms with van der Waals surface area (Å²) >= 11 is 0. The van der Waals surface area contributed by atoms with E-state index in [-0.39, 0.29) is 5.41 Å². The Kier molecular flexibility index (Phi) is 2.18. The number of carbonyl (C=O) groups excluding carboxylic acids is 1. The summed E-state index contributed by atoms with van der Waals surface area (Å²) in [6.07, 6.45) is 2.56. The van der Waals surface area contributed by atoms with Gasteiger partial charge in [-0.15, -0.1) is 0 Å². The van der Waals surface area contributed by atoms with Gasteiger partial charge in [-0.3, -0.25) is 4.79 Å². The lowest BCUT2D eigenvalue weighted by Gasteiger charge is -2.27. The maximum Gasteiger partial charge on any atom is 0.150 e. The van der Waals surface area contributed by atoms with Crippen molar-refractivity contribution in [2.24, 2.45) is 0 Å². The molecule has 0 heterocycles. The zero-order valence-electron chi connectivity index (χ0n) is 9.09. The van der Waals surface area contributed by atoms with Gasteiger partial charge in [-0.25, -0.2) is 4.39 Å². The van der Waals surface area contributed by atoms with Crippen molar-refractivity contribution in [2.45, 2.75) is 37.8 Å². The van der Waals surface area contributed by atoms with Crippen molar-refractivity contribution in [3.8, 4) is 0 Å². The van der Waals surface area contributed by atoms with Gasteiger partial charge in [0.1, 0.15) is 12.0 Å². The van der Waals surface area contributed by atoms with E-state index < -0.39 is 5.67 Å². The summed E-state index contributed by atoms with van der Waals surface area (Å²) in [5, 5.41) is 0. The van der Waals surface area contributed by atoms with Crippen molar-refractivity contribution in [3.05, 3.63) is 35.4 Å². The Morgan fingerprint density at radius 2 is 2.07 bits per heavy atom. The summed E-state index contributed by atoms with van der Waals surface area (Å²) in [5.74, 6) is 0. The maximum atomic E-state index is 14.1. The Morgan fingerprint density at radius 1 is 1.40 bits per heavy atom. The molecule has 2 heteroatoms. The van der Waals surface area contributed by atoms with Crippen molar-refractivity contribution in [2.75, 3.05) is 0 Å². The number of benzene rings is 1. The van der Waals surface area contributed by atoms with Crippen molar-refractivity contribution < 1.29 is 9.18 Å². The van der Waals surface area contributed by atoms with Gasteiger partial charge < -0.3 is 0 Å². The molecule has 0 radical (unpaired) electrons. The van der Waals surface area contributed by atoms with Crippen LogP contribution < -0.4 is 0 Å². The minimum Gasteiger partial charge on any atom is -0.298 e. The summed E-state index contributed by atoms with van der Waals surface area (Å²) in [5.41, 5.74) is 0.0168. The first-order chi connectivity index (χ1) is 6.99. The largest absolute Gasteiger partial charge is 0.298 e. The molecular weight excluding hydrogens is 191 g/mol. The fraction of sp³-hybridized carbons (Fsp3) is 0.462. The quantitative estimate of drug-likeness (QED) is 0.693. The molecule has 1 aliphatic rings. The second-order valence-corrected chi connectivity index (χ2v) is 4.80. The fourth-order valence-electron chi connectivity index (χ4n) is 2.26. The molecule has 1 nitrogen and oxygen atoms in total. The average molecular weight is 206 g/mol. The molecule has 0 atom stereocenters. The van der Waals surface area contributed by atoms with E-state index in [1.807, 2.05) is 12.1 Å². The van der Waals surface area contributed by atoms with Gasteiger partial charge in [0.25, 0.3) is 0 Å². The number of carbonyl (C=O) groups is 1. The van der Waals surface area contributed by atoms with Gasteiger partial charge in [0.05, 0.1) is 0 Å². The lowest BCUT2D eigenvalue weighted by Crippen LogP contribution is -2.31. The van der Waals surface area contributed by atoms with Gasteiger partial charge in [0.2, 0.25) is 0 Å². The smallest absolute Gasteiger partial charge is 0.150 e. The highest BCUT2D eigenvalue weighted by molar-refractivity contribution is 5.75. The highest BCUT2D eigenvalue weighted by atomic mass is 19.1. The molecule has 80 valence electrons. The molecule has 0 aliphatic heterocycles. The van der Waals surface area contributed by atoms with Crippen LogP contribution >= 0.6 is 0 Å². The summed E-state index contributed by atoms with van der Waals surface area (Å²) in [4.78, 5) is 10.7. The number of hydrogen-bond acceptors (Lipinski definition) is 1. The molecular formula is C13H15FO. The van der Waals surface area contributed by atoms with Crippen LogP contribution in [0.1, 0.15) is 42.6 Å². The van der Waals surface area contributed by atoms with Crippen LogP contribution in [0.2, 0.25) is 0 Å². The summed E-state index contributed by atoms with van der Waals surface area (Å²) in [6, 6.07) is 7.30. The lowest BCUT2D eigenvalue weighted by molar-refractivity contribution is 0.112. The molecule has 1 aromatic rings. The van der Waals surface area contributed by atoms with E-state index in [4.69, 9.17) is 0 Å². The van der Waals surface area contributed by atoms with Gasteiger partial charge in [-0.1, -0.05) is 18.2 Å². The van der Waals surface area contributed by atoms with E-state index >= 15 is 0 Å². The summed E-state index contributed by atoms with van der Waals surface area (Å²) in [6.45, 7) is 3.24. The van der Waals surface area contributed by atoms with Gasteiger partial charge in [0, 0.05) is 11.0 Å². The SMILES string of the molecule is CC(C)(F)C1(c2cccc(C=O)c2)CC1. The number of aldehydes is 1. The molecule has 0 amide bonds. The molecule has 1 fully saturated rings. The number of halogens is 1. The summed E-state index contributed by atoms with van der Waals surface area (Å²) in [7, 11) is 0. The van der Waals surface area contributed by atoms with Gasteiger partial charge in [-0.05, 0) is 38.3 Å². The second-order valence-electron chi connectivity index (χ2n) is 4.80. The Balaban J connectivity index is 2.42. The first-order valence-electron chi connectivity index (χ1n) is 5.24. The minimum atomic E-state index is -1.21. The lowest BCUT2D eigenvalue weighted by atomic mass is 9.82. The molecule has 2 rings (SSSR count). The minimum absolute atomic E-state index is 0.355. The monoisotopic (exact) mass is 206 g/mol. The molecule has 0 unspecified atom stereocenters. The average Bonchev–Trinajstić information content (AvgIpc) is 2.97. The topological polar surface area (TPSA) is 17.1 Å². The zero-order valence-corrected chi connectivity index (χ0v) is 9.09. The van der Waals surface area contributed by atoms with Crippen molar-refractivity contribution in [3.63, 3.8) is 0 Å². The van der Waals surface area contributed by atoms with Gasteiger partial charge >= 0.3 is 0 Å². The van der Waals surface area contributed by atoms with Crippen LogP contribution in [0.5, 0.6) is 0 Å². The molecule has 0 bridgehead atoms. The third-order valence-electron chi connectivity index (χ3n) is 3.46. The van der Waals surface area contributed by atoms with Gasteiger partial charge in [0.15, 0.2) is 0 Å². The molecule has 0 N–H and O–H groups in total. The van der Waals surface area contributed by atoms with Gasteiger partial charge in [-0.2, -0.15) is 0 Å². The standard InChI is InChI=1S/C13H15FO/c1-12(2,14)13(6-7-13)11-5-3-4-10(8-11)9-15/h3-5,8-9H,6-7H2,1-2H3. The molecule has 0 aromatic heterocycles. The molecule has 1 saturated carbocycles. The predicted molar refractivity (Wildman–Crippen MR) is 57.9 cm³/mol. The maximum absolute atomic E-state index is 14.1. The Hall–Kier alpha value is -1.18. The van der Waals surface area contributed by atoms with Crippen molar-refractivity contribution >= 4 is 6.29 Å². The van der Waals surface area contributed by atoms with Crippen LogP contribution in [-0.4, -0.2) is 12.0 Å². The van der Waals surface area contributed by atoms with E-state index in [0.717, 1.165) is 24.7 Å². The van der Waals surface area contributed by atoms with E-state index in [1.54, 1.807) is 26.0 Å². The Morgan fingerprint density at radius 3 is 2.53 bits per heavy atom. The third kappa shape index (κ3) is 1.58. The number of rotatable bonds is 3. The number of hydrogen-bond donors (Lipinski definition) is 0. The molecule has 0 spiro atoms. The van der Waals surface area contributed by atoms with Crippen LogP contribution in [0, 0.1) is 0 Å². The first-order valence-corrected chi connectivity index (χ1v) is 5.24. The summed E-state index contributed by atoms with van der Waals surface area (Å²) < 4.78 is 14.1. The van der Waals surface area contributed by atoms with Crippen LogP contribution in [0.15, 0.2) is 24.3 Å². The van der Waals surface area contributed by atoms with Crippen LogP contribution in [0.25, 0.3) is 0 Å². The normalized spacial score (nSPS) is 18.6. The zero-order chi connectivity index (χ0) is 11.1. The van der Waals surface area contributed by atoms with Crippen molar-refractivity contribution in [1.29, 1.82) is 0 Å². The van der Waals surface area contributed by atoms with Crippen molar-refractivity contribution in [1.82, 2.24) is 0 Å². The van der Waals surface area contributed by atoms with Crippen LogP contribution in [0.3, 0.4) is 0 Å². The second kappa shape index (κ2) is 3.16. The van der Waals surface area contributed by atoms with E-state index in [9.17, 15) is 9.18 Å². The fourth-order valence-corrected chi connectivity index (χ4v) is 2.26. The van der Waals surface area contributed by atoms with Crippen LogP contribution in [-0.2, 0) is 5.41 Å². The number of alkyl halides is 1. The molecule has 0 saturated heterocycles. The van der Waals surface area contributed by atoms with E-state index in [1.165, 1.54) is 0 Å². The highest BCUT2D eigenvalue weighted by Crippen LogP contribution is 2.57. The molecule has 1 aromatic carbocycles. The van der Waals surface area contributed by atoms with Crippen LogP contribution in [0.4, 0.5) is 4.39 Å². The highest BCUT2D eigenvalue weighted by Gasteiger charge is 2.56. The first kappa shape index (κ1) is 10.3. The molecule has 1 aliphatic carbocycles. The Bertz CT molecular complexity index is 386. The Labute approximate surface area is 89.3 Å². The van der Waals surface area contributed by atoms with E-state index in [0.29, 0.717) is 5.56 Å². The molecule has 15 heavy (non-hydrogen) atoms.